The standard InChI is InChI=1S/C6H12O4S/c1-2-3-4-10-5-6-11(7,8)9/h2H,1,3-6H2,(H,7,8,9). The zero-order valence-electron chi connectivity index (χ0n) is 6.19. The summed E-state index contributed by atoms with van der Waals surface area (Å²) in [5, 5.41) is 0. The summed E-state index contributed by atoms with van der Waals surface area (Å²) in [6.45, 7) is 3.94. The van der Waals surface area contributed by atoms with Gasteiger partial charge in [0.25, 0.3) is 10.1 Å². The van der Waals surface area contributed by atoms with Gasteiger partial charge in [-0.2, -0.15) is 8.42 Å². The molecule has 66 valence electrons. The van der Waals surface area contributed by atoms with Crippen LogP contribution >= 0.6 is 0 Å². The minimum atomic E-state index is -3.86. The lowest BCUT2D eigenvalue weighted by molar-refractivity contribution is 0.153. The number of hydrogen-bond acceptors (Lipinski definition) is 3. The van der Waals surface area contributed by atoms with Gasteiger partial charge in [-0.05, 0) is 6.42 Å². The van der Waals surface area contributed by atoms with Crippen LogP contribution in [0.1, 0.15) is 6.42 Å². The second-order valence-electron chi connectivity index (χ2n) is 1.98. The van der Waals surface area contributed by atoms with Crippen LogP contribution in [0.4, 0.5) is 0 Å². The molecule has 0 atom stereocenters. The van der Waals surface area contributed by atoms with Crippen molar-refractivity contribution in [2.75, 3.05) is 19.0 Å². The van der Waals surface area contributed by atoms with Gasteiger partial charge in [0.1, 0.15) is 0 Å². The van der Waals surface area contributed by atoms with Crippen LogP contribution in [0.2, 0.25) is 0 Å². The van der Waals surface area contributed by atoms with Crippen molar-refractivity contribution in [1.29, 1.82) is 0 Å². The number of hydrogen-bond donors (Lipinski definition) is 1. The van der Waals surface area contributed by atoms with Gasteiger partial charge in [-0.15, -0.1) is 6.58 Å². The Kier molecular flexibility index (Phi) is 5.10. The molecule has 0 amide bonds. The first-order valence-electron chi connectivity index (χ1n) is 3.20. The number of ether oxygens (including phenoxy) is 1. The van der Waals surface area contributed by atoms with Crippen molar-refractivity contribution in [3.05, 3.63) is 12.7 Å². The molecule has 4 nitrogen and oxygen atoms in total. The molecule has 0 aliphatic heterocycles. The molecule has 0 aromatic rings. The smallest absolute Gasteiger partial charge is 0.267 e. The fourth-order valence-corrected chi connectivity index (χ4v) is 0.761. The molecule has 0 saturated carbocycles. The second kappa shape index (κ2) is 5.29. The first-order chi connectivity index (χ1) is 5.06. The molecule has 0 bridgehead atoms. The van der Waals surface area contributed by atoms with E-state index in [-0.39, 0.29) is 12.4 Å². The fourth-order valence-electron chi connectivity index (χ4n) is 0.433. The summed E-state index contributed by atoms with van der Waals surface area (Å²) < 4.78 is 33.3. The molecule has 0 aliphatic carbocycles. The Morgan fingerprint density at radius 3 is 2.55 bits per heavy atom. The van der Waals surface area contributed by atoms with E-state index in [1.165, 1.54) is 0 Å². The average molecular weight is 180 g/mol. The van der Waals surface area contributed by atoms with Gasteiger partial charge < -0.3 is 4.74 Å². The van der Waals surface area contributed by atoms with Crippen molar-refractivity contribution >= 4 is 10.1 Å². The maximum atomic E-state index is 10.1. The summed E-state index contributed by atoms with van der Waals surface area (Å²) in [5.41, 5.74) is 0. The van der Waals surface area contributed by atoms with Gasteiger partial charge in [0.15, 0.2) is 0 Å². The Bertz CT molecular complexity index is 195. The SMILES string of the molecule is C=CCCOCCS(=O)(=O)O. The van der Waals surface area contributed by atoms with E-state index in [0.717, 1.165) is 0 Å². The largest absolute Gasteiger partial charge is 0.380 e. The van der Waals surface area contributed by atoms with Crippen molar-refractivity contribution in [3.63, 3.8) is 0 Å². The molecule has 0 heterocycles. The number of rotatable bonds is 6. The Balaban J connectivity index is 3.22. The second-order valence-corrected chi connectivity index (χ2v) is 3.55. The van der Waals surface area contributed by atoms with Gasteiger partial charge in [-0.25, -0.2) is 0 Å². The molecule has 0 radical (unpaired) electrons. The highest BCUT2D eigenvalue weighted by Crippen LogP contribution is 1.86. The van der Waals surface area contributed by atoms with Crippen LogP contribution in [-0.2, 0) is 14.9 Å². The first-order valence-corrected chi connectivity index (χ1v) is 4.81. The lowest BCUT2D eigenvalue weighted by Crippen LogP contribution is -2.10. The lowest BCUT2D eigenvalue weighted by Gasteiger charge is -1.98. The van der Waals surface area contributed by atoms with E-state index < -0.39 is 10.1 Å². The van der Waals surface area contributed by atoms with Crippen molar-refractivity contribution in [1.82, 2.24) is 0 Å². The van der Waals surface area contributed by atoms with Gasteiger partial charge in [-0.1, -0.05) is 6.08 Å². The third kappa shape index (κ3) is 9.61. The quantitative estimate of drug-likeness (QED) is 0.366. The van der Waals surface area contributed by atoms with Gasteiger partial charge in [-0.3, -0.25) is 4.55 Å². The van der Waals surface area contributed by atoms with Crippen LogP contribution < -0.4 is 0 Å². The first kappa shape index (κ1) is 10.6. The maximum absolute atomic E-state index is 10.1. The lowest BCUT2D eigenvalue weighted by atomic mass is 10.5. The average Bonchev–Trinajstić information content (AvgIpc) is 1.85. The van der Waals surface area contributed by atoms with E-state index in [4.69, 9.17) is 9.29 Å². The molecule has 0 aromatic heterocycles. The highest BCUT2D eigenvalue weighted by Gasteiger charge is 2.02. The Morgan fingerprint density at radius 1 is 1.45 bits per heavy atom. The van der Waals surface area contributed by atoms with Crippen LogP contribution in [-0.4, -0.2) is 31.9 Å². The molecule has 11 heavy (non-hydrogen) atoms. The predicted octanol–water partition coefficient (Wildman–Crippen LogP) is 0.467. The van der Waals surface area contributed by atoms with Crippen LogP contribution in [0.3, 0.4) is 0 Å². The monoisotopic (exact) mass is 180 g/mol. The van der Waals surface area contributed by atoms with E-state index in [1.54, 1.807) is 6.08 Å². The van der Waals surface area contributed by atoms with Gasteiger partial charge in [0.2, 0.25) is 0 Å². The highest BCUT2D eigenvalue weighted by molar-refractivity contribution is 7.85. The predicted molar refractivity (Wildman–Crippen MR) is 42.0 cm³/mol. The van der Waals surface area contributed by atoms with E-state index in [1.807, 2.05) is 0 Å². The molecular weight excluding hydrogens is 168 g/mol. The third-order valence-electron chi connectivity index (χ3n) is 0.952. The van der Waals surface area contributed by atoms with Crippen LogP contribution in [0.15, 0.2) is 12.7 Å². The molecule has 0 aromatic carbocycles. The normalized spacial score (nSPS) is 11.4. The van der Waals surface area contributed by atoms with E-state index in [0.29, 0.717) is 13.0 Å². The van der Waals surface area contributed by atoms with Gasteiger partial charge >= 0.3 is 0 Å². The van der Waals surface area contributed by atoms with Crippen molar-refractivity contribution in [2.45, 2.75) is 6.42 Å². The van der Waals surface area contributed by atoms with Gasteiger partial charge in [0, 0.05) is 0 Å². The van der Waals surface area contributed by atoms with Crippen molar-refractivity contribution in [2.24, 2.45) is 0 Å². The molecule has 0 saturated heterocycles. The Morgan fingerprint density at radius 2 is 2.09 bits per heavy atom. The van der Waals surface area contributed by atoms with E-state index in [2.05, 4.69) is 6.58 Å². The zero-order valence-corrected chi connectivity index (χ0v) is 7.01. The topological polar surface area (TPSA) is 63.6 Å². The molecule has 0 unspecified atom stereocenters. The zero-order chi connectivity index (χ0) is 8.74. The maximum Gasteiger partial charge on any atom is 0.267 e. The molecule has 0 rings (SSSR count). The van der Waals surface area contributed by atoms with Gasteiger partial charge in [0.05, 0.1) is 19.0 Å². The summed E-state index contributed by atoms with van der Waals surface area (Å²) in [6, 6.07) is 0. The summed E-state index contributed by atoms with van der Waals surface area (Å²) in [5.74, 6) is -0.343. The summed E-state index contributed by atoms with van der Waals surface area (Å²) in [4.78, 5) is 0. The Hall–Kier alpha value is -0.390. The summed E-state index contributed by atoms with van der Waals surface area (Å²) in [6.07, 6.45) is 2.36. The minimum Gasteiger partial charge on any atom is -0.380 e. The van der Waals surface area contributed by atoms with E-state index >= 15 is 0 Å². The summed E-state index contributed by atoms with van der Waals surface area (Å²) >= 11 is 0. The third-order valence-corrected chi connectivity index (χ3v) is 1.63. The molecule has 0 spiro atoms. The highest BCUT2D eigenvalue weighted by atomic mass is 32.2. The van der Waals surface area contributed by atoms with Crippen LogP contribution in [0, 0.1) is 0 Å². The Labute approximate surface area is 66.6 Å². The van der Waals surface area contributed by atoms with Crippen molar-refractivity contribution < 1.29 is 17.7 Å². The summed E-state index contributed by atoms with van der Waals surface area (Å²) in [7, 11) is -3.86. The fraction of sp³-hybridized carbons (Fsp3) is 0.667. The minimum absolute atomic E-state index is 0.0344. The van der Waals surface area contributed by atoms with Crippen LogP contribution in [0.25, 0.3) is 0 Å². The van der Waals surface area contributed by atoms with Crippen molar-refractivity contribution in [3.8, 4) is 0 Å². The van der Waals surface area contributed by atoms with E-state index in [9.17, 15) is 8.42 Å². The molecule has 5 heteroatoms. The molecule has 0 fully saturated rings. The molecule has 1 N–H and O–H groups in total. The van der Waals surface area contributed by atoms with Crippen LogP contribution in [0.5, 0.6) is 0 Å². The molecular formula is C6H12O4S. The molecule has 0 aliphatic rings.